The van der Waals surface area contributed by atoms with E-state index in [1.807, 2.05) is 7.05 Å². The van der Waals surface area contributed by atoms with Gasteiger partial charge >= 0.3 is 0 Å². The van der Waals surface area contributed by atoms with Crippen LogP contribution in [-0.4, -0.2) is 38.8 Å². The third kappa shape index (κ3) is 6.00. The lowest BCUT2D eigenvalue weighted by Crippen LogP contribution is -2.38. The molecule has 0 amide bonds. The summed E-state index contributed by atoms with van der Waals surface area (Å²) in [5.41, 5.74) is 1.22. The number of hydrogen-bond donors (Lipinski definition) is 2. The van der Waals surface area contributed by atoms with Crippen molar-refractivity contribution in [2.24, 2.45) is 12.0 Å². The SMILES string of the molecule is CCNC(=NCc1ncnn1C)NCCc1nc(CC)c(C)s1.I. The van der Waals surface area contributed by atoms with Crippen molar-refractivity contribution in [3.8, 4) is 0 Å². The molecule has 0 saturated heterocycles. The van der Waals surface area contributed by atoms with Crippen LogP contribution in [0.15, 0.2) is 11.3 Å². The van der Waals surface area contributed by atoms with Gasteiger partial charge in [-0.15, -0.1) is 35.3 Å². The standard InChI is InChI=1S/C15H25N7S.HI/c1-5-12-11(3)23-14(21-12)7-8-17-15(16-6-2)18-9-13-19-10-20-22(13)4;/h10H,5-9H2,1-4H3,(H2,16,17,18);1H. The minimum atomic E-state index is 0. The molecule has 0 unspecified atom stereocenters. The predicted molar refractivity (Wildman–Crippen MR) is 109 cm³/mol. The van der Waals surface area contributed by atoms with Crippen LogP contribution in [0.5, 0.6) is 0 Å². The summed E-state index contributed by atoms with van der Waals surface area (Å²) in [6, 6.07) is 0. The molecule has 0 aromatic carbocycles. The quantitative estimate of drug-likeness (QED) is 0.374. The highest BCUT2D eigenvalue weighted by atomic mass is 127. The van der Waals surface area contributed by atoms with Crippen LogP contribution < -0.4 is 10.6 Å². The van der Waals surface area contributed by atoms with Crippen molar-refractivity contribution in [2.75, 3.05) is 13.1 Å². The molecule has 0 radical (unpaired) electrons. The van der Waals surface area contributed by atoms with E-state index in [1.165, 1.54) is 15.6 Å². The molecule has 2 aromatic heterocycles. The van der Waals surface area contributed by atoms with Crippen LogP contribution in [0.1, 0.15) is 35.3 Å². The first-order valence-electron chi connectivity index (χ1n) is 7.94. The van der Waals surface area contributed by atoms with Crippen molar-refractivity contribution in [3.05, 3.63) is 27.7 Å². The van der Waals surface area contributed by atoms with Crippen LogP contribution in [0.3, 0.4) is 0 Å². The first kappa shape index (κ1) is 20.8. The minimum absolute atomic E-state index is 0. The van der Waals surface area contributed by atoms with Gasteiger partial charge in [0, 0.05) is 31.4 Å². The molecule has 9 heteroatoms. The van der Waals surface area contributed by atoms with Gasteiger partial charge in [-0.2, -0.15) is 5.10 Å². The predicted octanol–water partition coefficient (Wildman–Crippen LogP) is 2.06. The summed E-state index contributed by atoms with van der Waals surface area (Å²) >= 11 is 1.78. The smallest absolute Gasteiger partial charge is 0.191 e. The lowest BCUT2D eigenvalue weighted by molar-refractivity contribution is 0.697. The van der Waals surface area contributed by atoms with Crippen molar-refractivity contribution in [1.29, 1.82) is 0 Å². The Morgan fingerprint density at radius 1 is 1.33 bits per heavy atom. The molecule has 24 heavy (non-hydrogen) atoms. The van der Waals surface area contributed by atoms with Crippen molar-refractivity contribution < 1.29 is 0 Å². The van der Waals surface area contributed by atoms with E-state index in [1.54, 1.807) is 22.3 Å². The fraction of sp³-hybridized carbons (Fsp3) is 0.600. The average Bonchev–Trinajstić information content (AvgIpc) is 3.10. The summed E-state index contributed by atoms with van der Waals surface area (Å²) in [6.45, 7) is 8.47. The van der Waals surface area contributed by atoms with E-state index in [0.29, 0.717) is 6.54 Å². The molecule has 0 aliphatic heterocycles. The second kappa shape index (κ2) is 10.6. The Morgan fingerprint density at radius 2 is 2.12 bits per heavy atom. The van der Waals surface area contributed by atoms with Crippen LogP contribution in [0.2, 0.25) is 0 Å². The molecule has 0 fully saturated rings. The zero-order valence-electron chi connectivity index (χ0n) is 14.7. The average molecular weight is 463 g/mol. The number of hydrogen-bond acceptors (Lipinski definition) is 5. The Hall–Kier alpha value is -1.23. The van der Waals surface area contributed by atoms with E-state index < -0.39 is 0 Å². The Labute approximate surface area is 164 Å². The maximum atomic E-state index is 4.67. The molecule has 134 valence electrons. The van der Waals surface area contributed by atoms with Gasteiger partial charge in [0.25, 0.3) is 0 Å². The zero-order valence-corrected chi connectivity index (χ0v) is 17.8. The lowest BCUT2D eigenvalue weighted by atomic mass is 10.3. The van der Waals surface area contributed by atoms with Gasteiger partial charge in [0.15, 0.2) is 5.96 Å². The monoisotopic (exact) mass is 463 g/mol. The molecule has 0 atom stereocenters. The molecule has 2 heterocycles. The first-order valence-corrected chi connectivity index (χ1v) is 8.75. The van der Waals surface area contributed by atoms with Gasteiger partial charge in [0.05, 0.1) is 10.7 Å². The third-order valence-corrected chi connectivity index (χ3v) is 4.50. The van der Waals surface area contributed by atoms with Crippen molar-refractivity contribution >= 4 is 41.3 Å². The Morgan fingerprint density at radius 3 is 2.71 bits per heavy atom. The maximum absolute atomic E-state index is 4.67. The Kier molecular flexibility index (Phi) is 9.19. The maximum Gasteiger partial charge on any atom is 0.191 e. The van der Waals surface area contributed by atoms with Gasteiger partial charge < -0.3 is 10.6 Å². The van der Waals surface area contributed by atoms with Crippen LogP contribution in [0.25, 0.3) is 0 Å². The topological polar surface area (TPSA) is 80.0 Å². The normalized spacial score (nSPS) is 11.2. The second-order valence-corrected chi connectivity index (χ2v) is 6.42. The summed E-state index contributed by atoms with van der Waals surface area (Å²) in [5, 5.41) is 11.8. The first-order chi connectivity index (χ1) is 11.1. The summed E-state index contributed by atoms with van der Waals surface area (Å²) in [6.07, 6.45) is 3.44. The molecule has 0 spiro atoms. The molecule has 0 aliphatic rings. The molecule has 0 aliphatic carbocycles. The molecule has 2 aromatic rings. The molecular weight excluding hydrogens is 437 g/mol. The van der Waals surface area contributed by atoms with Gasteiger partial charge in [-0.25, -0.2) is 15.0 Å². The number of aryl methyl sites for hydroxylation is 3. The minimum Gasteiger partial charge on any atom is -0.357 e. The number of aliphatic imine (C=N–C) groups is 1. The van der Waals surface area contributed by atoms with Gasteiger partial charge in [-0.05, 0) is 20.3 Å². The van der Waals surface area contributed by atoms with E-state index in [9.17, 15) is 0 Å². The van der Waals surface area contributed by atoms with Crippen LogP contribution in [0.4, 0.5) is 0 Å². The Bertz CT molecular complexity index is 650. The molecule has 7 nitrogen and oxygen atoms in total. The van der Waals surface area contributed by atoms with E-state index in [0.717, 1.165) is 37.7 Å². The van der Waals surface area contributed by atoms with Crippen molar-refractivity contribution in [3.63, 3.8) is 0 Å². The van der Waals surface area contributed by atoms with Gasteiger partial charge in [-0.1, -0.05) is 6.92 Å². The van der Waals surface area contributed by atoms with E-state index in [-0.39, 0.29) is 24.0 Å². The van der Waals surface area contributed by atoms with Crippen LogP contribution >= 0.6 is 35.3 Å². The van der Waals surface area contributed by atoms with E-state index in [4.69, 9.17) is 0 Å². The largest absolute Gasteiger partial charge is 0.357 e. The zero-order chi connectivity index (χ0) is 16.7. The van der Waals surface area contributed by atoms with Gasteiger partial charge in [0.1, 0.15) is 18.7 Å². The number of aromatic nitrogens is 4. The second-order valence-electron chi connectivity index (χ2n) is 5.14. The summed E-state index contributed by atoms with van der Waals surface area (Å²) in [4.78, 5) is 14.7. The van der Waals surface area contributed by atoms with Crippen LogP contribution in [-0.2, 0) is 26.4 Å². The van der Waals surface area contributed by atoms with Gasteiger partial charge in [0.2, 0.25) is 0 Å². The van der Waals surface area contributed by atoms with E-state index in [2.05, 4.69) is 51.5 Å². The van der Waals surface area contributed by atoms with Gasteiger partial charge in [-0.3, -0.25) is 4.68 Å². The van der Waals surface area contributed by atoms with Crippen molar-refractivity contribution in [2.45, 2.75) is 40.2 Å². The highest BCUT2D eigenvalue weighted by molar-refractivity contribution is 14.0. The third-order valence-electron chi connectivity index (χ3n) is 3.43. The Balaban J connectivity index is 0.00000288. The number of nitrogens with one attached hydrogen (secondary N) is 2. The molecule has 0 saturated carbocycles. The fourth-order valence-electron chi connectivity index (χ4n) is 2.17. The molecular formula is C15H26IN7S. The molecule has 0 bridgehead atoms. The fourth-order valence-corrected chi connectivity index (χ4v) is 3.19. The highest BCUT2D eigenvalue weighted by Crippen LogP contribution is 2.17. The van der Waals surface area contributed by atoms with E-state index >= 15 is 0 Å². The molecule has 2 N–H and O–H groups in total. The summed E-state index contributed by atoms with van der Waals surface area (Å²) in [7, 11) is 1.87. The van der Waals surface area contributed by atoms with Crippen LogP contribution in [0, 0.1) is 6.92 Å². The number of halogens is 1. The number of thiazole rings is 1. The summed E-state index contributed by atoms with van der Waals surface area (Å²) in [5.74, 6) is 1.63. The lowest BCUT2D eigenvalue weighted by Gasteiger charge is -2.10. The number of nitrogens with zero attached hydrogens (tertiary/aromatic N) is 5. The number of guanidine groups is 1. The highest BCUT2D eigenvalue weighted by Gasteiger charge is 2.06. The number of rotatable bonds is 7. The molecule has 2 rings (SSSR count). The summed E-state index contributed by atoms with van der Waals surface area (Å²) < 4.78 is 1.73. The van der Waals surface area contributed by atoms with Crippen molar-refractivity contribution in [1.82, 2.24) is 30.4 Å².